The van der Waals surface area contributed by atoms with Crippen LogP contribution >= 0.6 is 15.9 Å². The van der Waals surface area contributed by atoms with Crippen molar-refractivity contribution in [2.75, 3.05) is 13.2 Å². The second kappa shape index (κ2) is 7.21. The average Bonchev–Trinajstić information content (AvgIpc) is 2.79. The molecule has 2 aromatic rings. The smallest absolute Gasteiger partial charge is 0.329 e. The van der Waals surface area contributed by atoms with Crippen molar-refractivity contribution in [2.24, 2.45) is 7.05 Å². The number of unbranched alkanes of at least 4 members (excludes halogenated alkanes) is 1. The van der Waals surface area contributed by atoms with Crippen LogP contribution in [-0.4, -0.2) is 43.5 Å². The van der Waals surface area contributed by atoms with Gasteiger partial charge in [0.1, 0.15) is 0 Å². The molecule has 9 heteroatoms. The van der Waals surface area contributed by atoms with E-state index < -0.39 is 17.4 Å². The third-order valence-corrected chi connectivity index (χ3v) is 3.91. The monoisotopic (exact) mass is 374 g/mol. The van der Waals surface area contributed by atoms with Crippen LogP contribution < -0.4 is 11.2 Å². The van der Waals surface area contributed by atoms with Gasteiger partial charge in [0.15, 0.2) is 15.9 Å². The Bertz CT molecular complexity index is 764. The Balaban J connectivity index is 2.25. The molecule has 0 aliphatic carbocycles. The van der Waals surface area contributed by atoms with E-state index in [2.05, 4.69) is 32.8 Å². The van der Waals surface area contributed by atoms with Crippen molar-refractivity contribution in [1.82, 2.24) is 19.1 Å². The highest BCUT2D eigenvalue weighted by atomic mass is 79.9. The number of nitrogens with one attached hydrogen (secondary N) is 1. The van der Waals surface area contributed by atoms with Gasteiger partial charge >= 0.3 is 5.69 Å². The number of nitrogens with zero attached hydrogens (tertiary/aromatic N) is 3. The molecular formula is C13H19BrN4O4. The summed E-state index contributed by atoms with van der Waals surface area (Å²) in [5.41, 5.74) is -0.560. The zero-order valence-electron chi connectivity index (χ0n) is 12.5. The minimum Gasteiger partial charge on any atom is -0.389 e. The molecule has 0 saturated carbocycles. The van der Waals surface area contributed by atoms with Crippen LogP contribution in [0.4, 0.5) is 0 Å². The molecule has 2 aromatic heterocycles. The van der Waals surface area contributed by atoms with Crippen molar-refractivity contribution in [3.05, 3.63) is 25.6 Å². The Morgan fingerprint density at radius 3 is 2.86 bits per heavy atom. The van der Waals surface area contributed by atoms with Gasteiger partial charge in [0.2, 0.25) is 0 Å². The van der Waals surface area contributed by atoms with Gasteiger partial charge < -0.3 is 14.4 Å². The summed E-state index contributed by atoms with van der Waals surface area (Å²) in [6.45, 7) is 2.97. The third-order valence-electron chi connectivity index (χ3n) is 3.31. The van der Waals surface area contributed by atoms with Gasteiger partial charge in [0.25, 0.3) is 5.56 Å². The van der Waals surface area contributed by atoms with Gasteiger partial charge in [-0.25, -0.2) is 9.78 Å². The number of aromatic amines is 1. The van der Waals surface area contributed by atoms with E-state index in [9.17, 15) is 14.7 Å². The molecule has 0 radical (unpaired) electrons. The lowest BCUT2D eigenvalue weighted by molar-refractivity contribution is 0.0273. The van der Waals surface area contributed by atoms with E-state index in [-0.39, 0.29) is 24.3 Å². The molecule has 0 unspecified atom stereocenters. The Morgan fingerprint density at radius 2 is 2.18 bits per heavy atom. The molecule has 0 aliphatic heterocycles. The van der Waals surface area contributed by atoms with Gasteiger partial charge in [-0.2, -0.15) is 0 Å². The fourth-order valence-electron chi connectivity index (χ4n) is 2.10. The van der Waals surface area contributed by atoms with Crippen molar-refractivity contribution in [3.8, 4) is 0 Å². The van der Waals surface area contributed by atoms with Crippen molar-refractivity contribution in [2.45, 2.75) is 32.4 Å². The van der Waals surface area contributed by atoms with Crippen LogP contribution in [0.3, 0.4) is 0 Å². The zero-order chi connectivity index (χ0) is 16.3. The lowest BCUT2D eigenvalue weighted by Crippen LogP contribution is -2.30. The van der Waals surface area contributed by atoms with E-state index in [1.165, 1.54) is 16.2 Å². The quantitative estimate of drug-likeness (QED) is 0.538. The van der Waals surface area contributed by atoms with Gasteiger partial charge in [-0.1, -0.05) is 13.3 Å². The minimum absolute atomic E-state index is 0.143. The SMILES string of the molecule is CCCCOC[C@@H](O)Cn1c(Br)nc2c1c(=O)[nH]c(=O)n2C. The molecule has 0 spiro atoms. The molecule has 22 heavy (non-hydrogen) atoms. The summed E-state index contributed by atoms with van der Waals surface area (Å²) in [6.07, 6.45) is 1.19. The number of aliphatic hydroxyl groups is 1. The molecule has 2 heterocycles. The Labute approximate surface area is 134 Å². The van der Waals surface area contributed by atoms with Crippen LogP contribution in [-0.2, 0) is 18.3 Å². The van der Waals surface area contributed by atoms with E-state index in [1.807, 2.05) is 0 Å². The first-order chi connectivity index (χ1) is 10.5. The van der Waals surface area contributed by atoms with E-state index in [4.69, 9.17) is 4.74 Å². The molecular weight excluding hydrogens is 356 g/mol. The predicted molar refractivity (Wildman–Crippen MR) is 85.0 cm³/mol. The molecule has 0 fully saturated rings. The van der Waals surface area contributed by atoms with Crippen LogP contribution in [0.5, 0.6) is 0 Å². The molecule has 8 nitrogen and oxygen atoms in total. The molecule has 2 N–H and O–H groups in total. The van der Waals surface area contributed by atoms with Crippen molar-refractivity contribution in [1.29, 1.82) is 0 Å². The largest absolute Gasteiger partial charge is 0.389 e. The maximum absolute atomic E-state index is 12.0. The first kappa shape index (κ1) is 16.9. The number of aliphatic hydroxyl groups excluding tert-OH is 1. The van der Waals surface area contributed by atoms with Gasteiger partial charge in [-0.05, 0) is 22.4 Å². The third kappa shape index (κ3) is 3.47. The lowest BCUT2D eigenvalue weighted by atomic mass is 10.3. The number of fused-ring (bicyclic) bond motifs is 1. The molecule has 0 bridgehead atoms. The minimum atomic E-state index is -0.776. The Morgan fingerprint density at radius 1 is 1.45 bits per heavy atom. The number of rotatable bonds is 7. The summed E-state index contributed by atoms with van der Waals surface area (Å²) in [6, 6.07) is 0. The van der Waals surface area contributed by atoms with Gasteiger partial charge in [-0.3, -0.25) is 14.3 Å². The number of H-pyrrole nitrogens is 1. The number of aromatic nitrogens is 4. The molecule has 122 valence electrons. The topological polar surface area (TPSA) is 102 Å². The molecule has 0 saturated heterocycles. The molecule has 0 aromatic carbocycles. The summed E-state index contributed by atoms with van der Waals surface area (Å²) >= 11 is 3.26. The van der Waals surface area contributed by atoms with Gasteiger partial charge in [-0.15, -0.1) is 0 Å². The first-order valence-corrected chi connectivity index (χ1v) is 7.85. The second-order valence-electron chi connectivity index (χ2n) is 5.06. The average molecular weight is 375 g/mol. The first-order valence-electron chi connectivity index (χ1n) is 7.06. The van der Waals surface area contributed by atoms with Crippen LogP contribution in [0.25, 0.3) is 11.2 Å². The summed E-state index contributed by atoms with van der Waals surface area (Å²) < 4.78 is 8.53. The fourth-order valence-corrected chi connectivity index (χ4v) is 2.59. The van der Waals surface area contributed by atoms with E-state index in [1.54, 1.807) is 0 Å². The van der Waals surface area contributed by atoms with Crippen LogP contribution in [0.1, 0.15) is 19.8 Å². The summed E-state index contributed by atoms with van der Waals surface area (Å²) in [5.74, 6) is 0. The summed E-state index contributed by atoms with van der Waals surface area (Å²) in [7, 11) is 1.52. The second-order valence-corrected chi connectivity index (χ2v) is 5.77. The Hall–Kier alpha value is -1.45. The van der Waals surface area contributed by atoms with Crippen molar-refractivity contribution >= 4 is 27.1 Å². The van der Waals surface area contributed by atoms with Crippen LogP contribution in [0.15, 0.2) is 14.3 Å². The zero-order valence-corrected chi connectivity index (χ0v) is 14.1. The van der Waals surface area contributed by atoms with Crippen LogP contribution in [0, 0.1) is 0 Å². The van der Waals surface area contributed by atoms with E-state index in [0.717, 1.165) is 12.8 Å². The highest BCUT2D eigenvalue weighted by molar-refractivity contribution is 9.10. The van der Waals surface area contributed by atoms with E-state index in [0.29, 0.717) is 11.3 Å². The number of halogens is 1. The van der Waals surface area contributed by atoms with Crippen molar-refractivity contribution < 1.29 is 9.84 Å². The molecule has 0 aliphatic rings. The maximum atomic E-state index is 12.0. The number of ether oxygens (including phenoxy) is 1. The highest BCUT2D eigenvalue weighted by Gasteiger charge is 2.18. The highest BCUT2D eigenvalue weighted by Crippen LogP contribution is 2.16. The normalized spacial score (nSPS) is 12.9. The number of aryl methyl sites for hydroxylation is 1. The summed E-state index contributed by atoms with van der Waals surface area (Å²) in [4.78, 5) is 30.0. The Kier molecular flexibility index (Phi) is 5.54. The molecule has 1 atom stereocenters. The lowest BCUT2D eigenvalue weighted by Gasteiger charge is -2.13. The number of imidazole rings is 1. The van der Waals surface area contributed by atoms with E-state index >= 15 is 0 Å². The van der Waals surface area contributed by atoms with Crippen molar-refractivity contribution in [3.63, 3.8) is 0 Å². The molecule has 0 amide bonds. The molecule has 2 rings (SSSR count). The maximum Gasteiger partial charge on any atom is 0.329 e. The standard InChI is InChI=1S/C13H19BrN4O4/c1-3-4-5-22-7-8(19)6-18-9-10(15-12(18)14)17(2)13(21)16-11(9)20/h8,19H,3-7H2,1-2H3,(H,16,20,21)/t8-/m0/s1. The van der Waals surface area contributed by atoms with Gasteiger partial charge in [0.05, 0.1) is 19.3 Å². The van der Waals surface area contributed by atoms with Gasteiger partial charge in [0, 0.05) is 13.7 Å². The fraction of sp³-hybridized carbons (Fsp3) is 0.615. The predicted octanol–water partition coefficient (Wildman–Crippen LogP) is 0.363. The summed E-state index contributed by atoms with van der Waals surface area (Å²) in [5, 5.41) is 10.0. The number of hydrogen-bond donors (Lipinski definition) is 2. The van der Waals surface area contributed by atoms with Crippen LogP contribution in [0.2, 0.25) is 0 Å². The number of hydrogen-bond acceptors (Lipinski definition) is 5.